The average molecular weight is 292 g/mol. The predicted molar refractivity (Wildman–Crippen MR) is 69.5 cm³/mol. The molecule has 1 rings (SSSR count). The van der Waals surface area contributed by atoms with Crippen molar-refractivity contribution in [3.63, 3.8) is 0 Å². The molecule has 0 aliphatic rings. The molecular weight excluding hydrogens is 273 g/mol. The topological polar surface area (TPSA) is 62.5 Å². The number of halogens is 3. The Kier molecular flexibility index (Phi) is 5.84. The molecule has 8 heteroatoms. The van der Waals surface area contributed by atoms with Crippen molar-refractivity contribution in [1.82, 2.24) is 15.6 Å². The van der Waals surface area contributed by atoms with Gasteiger partial charge in [-0.15, -0.1) is 0 Å². The molecule has 0 aliphatic heterocycles. The number of aryl methyl sites for hydroxylation is 2. The molecule has 0 aliphatic carbocycles. The van der Waals surface area contributed by atoms with Crippen molar-refractivity contribution >= 4 is 5.96 Å². The van der Waals surface area contributed by atoms with E-state index in [9.17, 15) is 13.2 Å². The standard InChI is InChI=1S/C12H19F3N4O/c1-4-16-11(17-6-5-12(13,14)15)18-7-10-19-8(2)9(3)20-10/h4-7H2,1-3H3,(H2,16,17,18). The van der Waals surface area contributed by atoms with Gasteiger partial charge in [0, 0.05) is 13.1 Å². The van der Waals surface area contributed by atoms with E-state index in [2.05, 4.69) is 20.6 Å². The van der Waals surface area contributed by atoms with Gasteiger partial charge < -0.3 is 15.1 Å². The van der Waals surface area contributed by atoms with E-state index in [0.717, 1.165) is 5.69 Å². The number of nitrogens with one attached hydrogen (secondary N) is 2. The molecule has 0 amide bonds. The summed E-state index contributed by atoms with van der Waals surface area (Å²) in [5.41, 5.74) is 0.783. The minimum Gasteiger partial charge on any atom is -0.444 e. The fraction of sp³-hybridized carbons (Fsp3) is 0.667. The second kappa shape index (κ2) is 7.16. The number of aromatic nitrogens is 1. The quantitative estimate of drug-likeness (QED) is 0.645. The smallest absolute Gasteiger partial charge is 0.390 e. The largest absolute Gasteiger partial charge is 0.444 e. The lowest BCUT2D eigenvalue weighted by molar-refractivity contribution is -0.132. The molecule has 0 saturated carbocycles. The Morgan fingerprint density at radius 3 is 2.50 bits per heavy atom. The highest BCUT2D eigenvalue weighted by Crippen LogP contribution is 2.18. The van der Waals surface area contributed by atoms with Crippen LogP contribution in [0.25, 0.3) is 0 Å². The molecule has 2 N–H and O–H groups in total. The van der Waals surface area contributed by atoms with Gasteiger partial charge in [-0.05, 0) is 20.8 Å². The van der Waals surface area contributed by atoms with Crippen molar-refractivity contribution in [1.29, 1.82) is 0 Å². The minimum absolute atomic E-state index is 0.177. The van der Waals surface area contributed by atoms with Crippen molar-refractivity contribution < 1.29 is 17.6 Å². The van der Waals surface area contributed by atoms with Crippen molar-refractivity contribution in [2.75, 3.05) is 13.1 Å². The second-order valence-electron chi connectivity index (χ2n) is 4.24. The van der Waals surface area contributed by atoms with Gasteiger partial charge in [-0.2, -0.15) is 13.2 Å². The normalized spacial score (nSPS) is 12.6. The van der Waals surface area contributed by atoms with Gasteiger partial charge in [0.15, 0.2) is 5.96 Å². The number of oxazole rings is 1. The maximum atomic E-state index is 12.1. The summed E-state index contributed by atoms with van der Waals surface area (Å²) in [5, 5.41) is 5.48. The van der Waals surface area contributed by atoms with Gasteiger partial charge in [0.2, 0.25) is 5.89 Å². The van der Waals surface area contributed by atoms with Crippen molar-refractivity contribution in [2.45, 2.75) is 39.9 Å². The van der Waals surface area contributed by atoms with Crippen molar-refractivity contribution in [3.8, 4) is 0 Å². The number of nitrogens with zero attached hydrogens (tertiary/aromatic N) is 2. The fourth-order valence-electron chi connectivity index (χ4n) is 1.42. The second-order valence-corrected chi connectivity index (χ2v) is 4.24. The molecule has 0 atom stereocenters. The van der Waals surface area contributed by atoms with Crippen LogP contribution in [0, 0.1) is 13.8 Å². The van der Waals surface area contributed by atoms with E-state index in [1.807, 2.05) is 13.8 Å². The zero-order valence-corrected chi connectivity index (χ0v) is 11.8. The van der Waals surface area contributed by atoms with Crippen LogP contribution in [-0.2, 0) is 6.54 Å². The van der Waals surface area contributed by atoms with Crippen LogP contribution in [-0.4, -0.2) is 30.2 Å². The van der Waals surface area contributed by atoms with E-state index in [-0.39, 0.29) is 13.1 Å². The Morgan fingerprint density at radius 2 is 2.00 bits per heavy atom. The summed E-state index contributed by atoms with van der Waals surface area (Å²) >= 11 is 0. The summed E-state index contributed by atoms with van der Waals surface area (Å²) in [7, 11) is 0. The third-order valence-corrected chi connectivity index (χ3v) is 2.49. The van der Waals surface area contributed by atoms with Crippen LogP contribution in [0.2, 0.25) is 0 Å². The minimum atomic E-state index is -4.18. The van der Waals surface area contributed by atoms with Crippen LogP contribution in [0.15, 0.2) is 9.41 Å². The number of aliphatic imine (C=N–C) groups is 1. The molecule has 114 valence electrons. The SMILES string of the molecule is CCNC(=NCc1nc(C)c(C)o1)NCCC(F)(F)F. The van der Waals surface area contributed by atoms with Crippen LogP contribution in [0.4, 0.5) is 13.2 Å². The van der Waals surface area contributed by atoms with Gasteiger partial charge in [-0.25, -0.2) is 9.98 Å². The molecule has 0 aromatic carbocycles. The molecule has 0 spiro atoms. The van der Waals surface area contributed by atoms with Crippen LogP contribution in [0.1, 0.15) is 30.7 Å². The molecule has 5 nitrogen and oxygen atoms in total. The van der Waals surface area contributed by atoms with Gasteiger partial charge >= 0.3 is 6.18 Å². The average Bonchev–Trinajstić information content (AvgIpc) is 2.64. The van der Waals surface area contributed by atoms with Crippen LogP contribution >= 0.6 is 0 Å². The summed E-state index contributed by atoms with van der Waals surface area (Å²) < 4.78 is 41.5. The van der Waals surface area contributed by atoms with E-state index in [0.29, 0.717) is 24.2 Å². The first-order valence-electron chi connectivity index (χ1n) is 6.33. The molecule has 1 aromatic rings. The lowest BCUT2D eigenvalue weighted by Crippen LogP contribution is -2.38. The Balaban J connectivity index is 2.54. The Hall–Kier alpha value is -1.73. The molecule has 1 aromatic heterocycles. The van der Waals surface area contributed by atoms with Gasteiger partial charge in [-0.1, -0.05) is 0 Å². The van der Waals surface area contributed by atoms with E-state index >= 15 is 0 Å². The number of hydrogen-bond acceptors (Lipinski definition) is 3. The first kappa shape index (κ1) is 16.3. The molecule has 0 saturated heterocycles. The van der Waals surface area contributed by atoms with Gasteiger partial charge in [0.05, 0.1) is 12.1 Å². The Labute approximate surface area is 115 Å². The number of guanidine groups is 1. The Bertz CT molecular complexity index is 435. The monoisotopic (exact) mass is 292 g/mol. The fourth-order valence-corrected chi connectivity index (χ4v) is 1.42. The van der Waals surface area contributed by atoms with Gasteiger partial charge in [-0.3, -0.25) is 0 Å². The van der Waals surface area contributed by atoms with Gasteiger partial charge in [0.25, 0.3) is 0 Å². The van der Waals surface area contributed by atoms with E-state index in [4.69, 9.17) is 4.42 Å². The zero-order chi connectivity index (χ0) is 15.2. The lowest BCUT2D eigenvalue weighted by atomic mass is 10.4. The molecule has 0 radical (unpaired) electrons. The summed E-state index contributed by atoms with van der Waals surface area (Å²) in [6, 6.07) is 0. The van der Waals surface area contributed by atoms with Crippen LogP contribution < -0.4 is 10.6 Å². The highest BCUT2D eigenvalue weighted by atomic mass is 19.4. The van der Waals surface area contributed by atoms with Crippen LogP contribution in [0.5, 0.6) is 0 Å². The van der Waals surface area contributed by atoms with Gasteiger partial charge in [0.1, 0.15) is 12.3 Å². The number of alkyl halides is 3. The molecule has 1 heterocycles. The summed E-state index contributed by atoms with van der Waals surface area (Å²) in [5.74, 6) is 1.46. The molecule has 20 heavy (non-hydrogen) atoms. The summed E-state index contributed by atoms with van der Waals surface area (Å²) in [6.45, 7) is 5.96. The maximum Gasteiger partial charge on any atom is 0.390 e. The molecule has 0 bridgehead atoms. The Morgan fingerprint density at radius 1 is 1.30 bits per heavy atom. The molecular formula is C12H19F3N4O. The highest BCUT2D eigenvalue weighted by molar-refractivity contribution is 5.79. The maximum absolute atomic E-state index is 12.1. The van der Waals surface area contributed by atoms with E-state index in [1.165, 1.54) is 0 Å². The number of hydrogen-bond donors (Lipinski definition) is 2. The highest BCUT2D eigenvalue weighted by Gasteiger charge is 2.26. The predicted octanol–water partition coefficient (Wildman–Crippen LogP) is 2.30. The lowest BCUT2D eigenvalue weighted by Gasteiger charge is -2.11. The zero-order valence-electron chi connectivity index (χ0n) is 11.8. The first-order valence-corrected chi connectivity index (χ1v) is 6.33. The summed E-state index contributed by atoms with van der Waals surface area (Å²) in [4.78, 5) is 8.28. The molecule has 0 unspecified atom stereocenters. The third kappa shape index (κ3) is 5.94. The third-order valence-electron chi connectivity index (χ3n) is 2.49. The number of rotatable bonds is 5. The molecule has 0 fully saturated rings. The van der Waals surface area contributed by atoms with Crippen molar-refractivity contribution in [3.05, 3.63) is 17.3 Å². The van der Waals surface area contributed by atoms with Crippen molar-refractivity contribution in [2.24, 2.45) is 4.99 Å². The van der Waals surface area contributed by atoms with Crippen LogP contribution in [0.3, 0.4) is 0 Å². The van der Waals surface area contributed by atoms with E-state index < -0.39 is 12.6 Å². The van der Waals surface area contributed by atoms with E-state index in [1.54, 1.807) is 6.92 Å². The first-order chi connectivity index (χ1) is 9.31. The summed E-state index contributed by atoms with van der Waals surface area (Å²) in [6.07, 6.45) is -5.09.